The number of nitrogens with two attached hydrogens (primary N) is 2. The lowest BCUT2D eigenvalue weighted by molar-refractivity contribution is 0.595. The number of benzene rings is 1. The summed E-state index contributed by atoms with van der Waals surface area (Å²) in [4.78, 5) is 8.54. The monoisotopic (exact) mass is 307 g/mol. The Hall–Kier alpha value is -2.19. The number of nitrogens with one attached hydrogen (secondary N) is 1. The number of primary sulfonamides is 1. The summed E-state index contributed by atoms with van der Waals surface area (Å²) in [6, 6.07) is 11.1. The van der Waals surface area contributed by atoms with Crippen molar-refractivity contribution in [2.45, 2.75) is 6.42 Å². The van der Waals surface area contributed by atoms with Crippen LogP contribution >= 0.6 is 0 Å². The van der Waals surface area contributed by atoms with E-state index >= 15 is 0 Å². The van der Waals surface area contributed by atoms with Crippen LogP contribution < -0.4 is 16.2 Å². The fraction of sp³-hybridized carbons (Fsp3) is 0.231. The third kappa shape index (κ3) is 5.01. The molecule has 5 N–H and O–H groups in total. The van der Waals surface area contributed by atoms with Crippen molar-refractivity contribution in [2.75, 3.05) is 23.3 Å². The minimum Gasteiger partial charge on any atom is -0.384 e. The molecule has 0 aliphatic carbocycles. The van der Waals surface area contributed by atoms with Gasteiger partial charge in [-0.15, -0.1) is 0 Å². The zero-order chi connectivity index (χ0) is 15.3. The average Bonchev–Trinajstić information content (AvgIpc) is 2.43. The van der Waals surface area contributed by atoms with E-state index in [0.29, 0.717) is 30.4 Å². The number of hydrogen-bond acceptors (Lipinski definition) is 6. The summed E-state index contributed by atoms with van der Waals surface area (Å²) in [5.74, 6) is 1.34. The van der Waals surface area contributed by atoms with Gasteiger partial charge in [0.2, 0.25) is 10.0 Å². The molecule has 1 aromatic heterocycles. The molecule has 112 valence electrons. The van der Waals surface area contributed by atoms with Gasteiger partial charge in [-0.25, -0.2) is 23.5 Å². The van der Waals surface area contributed by atoms with Crippen molar-refractivity contribution < 1.29 is 8.42 Å². The van der Waals surface area contributed by atoms with E-state index in [1.165, 1.54) is 0 Å². The third-order valence-electron chi connectivity index (χ3n) is 2.69. The zero-order valence-corrected chi connectivity index (χ0v) is 12.2. The van der Waals surface area contributed by atoms with Crippen LogP contribution in [0.15, 0.2) is 36.4 Å². The van der Waals surface area contributed by atoms with Crippen LogP contribution in [0.3, 0.4) is 0 Å². The van der Waals surface area contributed by atoms with Crippen LogP contribution in [0.25, 0.3) is 11.4 Å². The molecule has 0 aliphatic heterocycles. The smallest absolute Gasteiger partial charge is 0.209 e. The Morgan fingerprint density at radius 1 is 1.14 bits per heavy atom. The maximum absolute atomic E-state index is 10.8. The van der Waals surface area contributed by atoms with Crippen LogP contribution in [0, 0.1) is 0 Å². The largest absolute Gasteiger partial charge is 0.384 e. The van der Waals surface area contributed by atoms with E-state index in [2.05, 4.69) is 15.3 Å². The first-order valence-corrected chi connectivity index (χ1v) is 8.10. The average molecular weight is 307 g/mol. The van der Waals surface area contributed by atoms with Crippen molar-refractivity contribution in [3.05, 3.63) is 36.4 Å². The Labute approximate surface area is 123 Å². The van der Waals surface area contributed by atoms with E-state index in [0.717, 1.165) is 5.56 Å². The number of nitrogens with zero attached hydrogens (tertiary/aromatic N) is 2. The van der Waals surface area contributed by atoms with Crippen LogP contribution in [0.5, 0.6) is 0 Å². The molecule has 0 fully saturated rings. The number of hydrogen-bond donors (Lipinski definition) is 3. The van der Waals surface area contributed by atoms with Crippen molar-refractivity contribution in [1.29, 1.82) is 0 Å². The van der Waals surface area contributed by atoms with Gasteiger partial charge < -0.3 is 11.1 Å². The van der Waals surface area contributed by atoms with Crippen molar-refractivity contribution in [3.63, 3.8) is 0 Å². The van der Waals surface area contributed by atoms with Gasteiger partial charge >= 0.3 is 0 Å². The van der Waals surface area contributed by atoms with Gasteiger partial charge in [0.1, 0.15) is 11.6 Å². The first-order chi connectivity index (χ1) is 9.94. The van der Waals surface area contributed by atoms with E-state index in [1.807, 2.05) is 30.3 Å². The minimum atomic E-state index is -3.44. The summed E-state index contributed by atoms with van der Waals surface area (Å²) in [6.45, 7) is 0.432. The SMILES string of the molecule is Nc1cc(NCCCS(N)(=O)=O)nc(-c2ccccc2)n1. The molecule has 2 rings (SSSR count). The lowest BCUT2D eigenvalue weighted by Gasteiger charge is -2.08. The molecule has 8 heteroatoms. The number of sulfonamides is 1. The highest BCUT2D eigenvalue weighted by molar-refractivity contribution is 7.89. The van der Waals surface area contributed by atoms with Crippen molar-refractivity contribution in [3.8, 4) is 11.4 Å². The Bertz CT molecular complexity index is 704. The second-order valence-corrected chi connectivity index (χ2v) is 6.25. The fourth-order valence-electron chi connectivity index (χ4n) is 1.76. The van der Waals surface area contributed by atoms with Gasteiger partial charge in [-0.1, -0.05) is 30.3 Å². The first-order valence-electron chi connectivity index (χ1n) is 6.38. The summed E-state index contributed by atoms with van der Waals surface area (Å²) in [5, 5.41) is 7.96. The molecular weight excluding hydrogens is 290 g/mol. The fourth-order valence-corrected chi connectivity index (χ4v) is 2.31. The molecule has 0 saturated heterocycles. The Balaban J connectivity index is 2.06. The normalized spacial score (nSPS) is 11.3. The van der Waals surface area contributed by atoms with Gasteiger partial charge in [0.05, 0.1) is 5.75 Å². The van der Waals surface area contributed by atoms with Crippen molar-refractivity contribution >= 4 is 21.7 Å². The Kier molecular flexibility index (Phi) is 4.71. The van der Waals surface area contributed by atoms with Crippen molar-refractivity contribution in [1.82, 2.24) is 9.97 Å². The Morgan fingerprint density at radius 3 is 2.52 bits per heavy atom. The lowest BCUT2D eigenvalue weighted by Crippen LogP contribution is -2.19. The van der Waals surface area contributed by atoms with E-state index < -0.39 is 10.0 Å². The number of aromatic nitrogens is 2. The van der Waals surface area contributed by atoms with E-state index in [-0.39, 0.29) is 5.75 Å². The van der Waals surface area contributed by atoms with Crippen LogP contribution in [0.2, 0.25) is 0 Å². The van der Waals surface area contributed by atoms with Gasteiger partial charge in [-0.05, 0) is 6.42 Å². The van der Waals surface area contributed by atoms with Crippen LogP contribution in [0.1, 0.15) is 6.42 Å². The minimum absolute atomic E-state index is 0.0773. The zero-order valence-electron chi connectivity index (χ0n) is 11.4. The standard InChI is InChI=1S/C13H17N5O2S/c14-11-9-12(16-7-4-8-21(15,19)20)18-13(17-11)10-5-2-1-3-6-10/h1-3,5-6,9H,4,7-8H2,(H2,15,19,20)(H3,14,16,17,18). The Morgan fingerprint density at radius 2 is 1.86 bits per heavy atom. The molecule has 1 aromatic carbocycles. The lowest BCUT2D eigenvalue weighted by atomic mass is 10.2. The number of nitrogen functional groups attached to an aromatic ring is 1. The second kappa shape index (κ2) is 6.51. The molecule has 0 radical (unpaired) electrons. The predicted molar refractivity (Wildman–Crippen MR) is 83.0 cm³/mol. The third-order valence-corrected chi connectivity index (χ3v) is 3.55. The van der Waals surface area contributed by atoms with Gasteiger partial charge in [0, 0.05) is 18.2 Å². The van der Waals surface area contributed by atoms with Gasteiger partial charge in [-0.2, -0.15) is 0 Å². The summed E-state index contributed by atoms with van der Waals surface area (Å²) in [6.07, 6.45) is 0.392. The molecule has 0 saturated carbocycles. The quantitative estimate of drug-likeness (QED) is 0.679. The summed E-state index contributed by atoms with van der Waals surface area (Å²) in [7, 11) is -3.44. The summed E-state index contributed by atoms with van der Waals surface area (Å²) < 4.78 is 21.7. The van der Waals surface area contributed by atoms with Gasteiger partial charge in [-0.3, -0.25) is 0 Å². The van der Waals surface area contributed by atoms with E-state index in [4.69, 9.17) is 10.9 Å². The highest BCUT2D eigenvalue weighted by atomic mass is 32.2. The number of rotatable bonds is 6. The van der Waals surface area contributed by atoms with Crippen LogP contribution in [-0.2, 0) is 10.0 Å². The first kappa shape index (κ1) is 15.2. The molecule has 1 heterocycles. The molecule has 0 spiro atoms. The van der Waals surface area contributed by atoms with Gasteiger partial charge in [0.25, 0.3) is 0 Å². The molecule has 0 unspecified atom stereocenters. The van der Waals surface area contributed by atoms with Crippen LogP contribution in [-0.4, -0.2) is 30.7 Å². The van der Waals surface area contributed by atoms with E-state index in [9.17, 15) is 8.42 Å². The molecule has 21 heavy (non-hydrogen) atoms. The maximum Gasteiger partial charge on any atom is 0.209 e. The highest BCUT2D eigenvalue weighted by Gasteiger charge is 2.06. The van der Waals surface area contributed by atoms with Crippen LogP contribution in [0.4, 0.5) is 11.6 Å². The van der Waals surface area contributed by atoms with E-state index in [1.54, 1.807) is 6.07 Å². The van der Waals surface area contributed by atoms with Gasteiger partial charge in [0.15, 0.2) is 5.82 Å². The summed E-state index contributed by atoms with van der Waals surface area (Å²) >= 11 is 0. The summed E-state index contributed by atoms with van der Waals surface area (Å²) in [5.41, 5.74) is 6.62. The number of anilines is 2. The molecular formula is C13H17N5O2S. The van der Waals surface area contributed by atoms with Crippen molar-refractivity contribution in [2.24, 2.45) is 5.14 Å². The molecule has 0 aliphatic rings. The molecule has 0 bridgehead atoms. The maximum atomic E-state index is 10.8. The molecule has 7 nitrogen and oxygen atoms in total. The predicted octanol–water partition coefficient (Wildman–Crippen LogP) is 0.816. The molecule has 0 atom stereocenters. The molecule has 0 amide bonds. The topological polar surface area (TPSA) is 124 Å². The second-order valence-electron chi connectivity index (χ2n) is 4.51. The molecule has 2 aromatic rings. The highest BCUT2D eigenvalue weighted by Crippen LogP contribution is 2.18.